The van der Waals surface area contributed by atoms with Crippen molar-refractivity contribution in [3.63, 3.8) is 0 Å². The lowest BCUT2D eigenvalue weighted by atomic mass is 9.74. The minimum Gasteiger partial charge on any atom is -0.460 e. The van der Waals surface area contributed by atoms with E-state index in [-0.39, 0.29) is 31.7 Å². The van der Waals surface area contributed by atoms with Gasteiger partial charge < -0.3 is 30.8 Å². The molecule has 1 aliphatic heterocycles. The number of pyridine rings is 1. The van der Waals surface area contributed by atoms with Gasteiger partial charge in [0.05, 0.1) is 24.2 Å². The fourth-order valence-electron chi connectivity index (χ4n) is 4.07. The summed E-state index contributed by atoms with van der Waals surface area (Å²) in [5.41, 5.74) is 13.7. The van der Waals surface area contributed by atoms with Gasteiger partial charge in [0.2, 0.25) is 5.91 Å². The van der Waals surface area contributed by atoms with Gasteiger partial charge in [0.25, 0.3) is 0 Å². The molecule has 188 valence electrons. The van der Waals surface area contributed by atoms with Crippen LogP contribution >= 0.6 is 0 Å². The van der Waals surface area contributed by atoms with Crippen molar-refractivity contribution < 1.29 is 23.6 Å². The topological polar surface area (TPSA) is 139 Å². The highest BCUT2D eigenvalue weighted by atomic mass is 16.7. The third kappa shape index (κ3) is 5.57. The molecule has 0 radical (unpaired) electrons. The lowest BCUT2D eigenvalue weighted by Gasteiger charge is -2.22. The summed E-state index contributed by atoms with van der Waals surface area (Å²) in [4.78, 5) is 29.0. The standard InChI is InChI=1S/C26H31BN4O5/c1-16-26(2,3)36-27(35-16)23-11-18(4-5-20(23)15-34-24(32)13-29)22(12-28)25(33)31-21-7-6-19-14-30-9-8-17(19)10-21/h4-11,14,16,22H,12-13,15,28-29H2,1-3H3,(H,31,33). The summed E-state index contributed by atoms with van der Waals surface area (Å²) in [5, 5.41) is 4.92. The number of nitrogens with zero attached hydrogens (tertiary/aromatic N) is 1. The molecule has 1 aromatic heterocycles. The Hall–Kier alpha value is -3.31. The first kappa shape index (κ1) is 25.8. The van der Waals surface area contributed by atoms with Crippen molar-refractivity contribution in [3.8, 4) is 0 Å². The molecular weight excluding hydrogens is 459 g/mol. The quantitative estimate of drug-likeness (QED) is 0.321. The highest BCUT2D eigenvalue weighted by molar-refractivity contribution is 6.62. The minimum atomic E-state index is -0.683. The number of nitrogens with one attached hydrogen (secondary N) is 1. The number of ether oxygens (including phenoxy) is 1. The smallest absolute Gasteiger partial charge is 0.460 e. The van der Waals surface area contributed by atoms with E-state index in [0.29, 0.717) is 22.3 Å². The monoisotopic (exact) mass is 490 g/mol. The van der Waals surface area contributed by atoms with E-state index in [2.05, 4.69) is 10.3 Å². The fraction of sp³-hybridized carbons (Fsp3) is 0.346. The highest BCUT2D eigenvalue weighted by Crippen LogP contribution is 2.28. The summed E-state index contributed by atoms with van der Waals surface area (Å²) in [7, 11) is -0.683. The van der Waals surface area contributed by atoms with Crippen molar-refractivity contribution in [2.45, 2.75) is 45.0 Å². The zero-order valence-corrected chi connectivity index (χ0v) is 20.7. The highest BCUT2D eigenvalue weighted by Gasteiger charge is 2.45. The van der Waals surface area contributed by atoms with Gasteiger partial charge in [0.1, 0.15) is 6.61 Å². The lowest BCUT2D eigenvalue weighted by Crippen LogP contribution is -2.38. The van der Waals surface area contributed by atoms with Crippen LogP contribution in [-0.2, 0) is 30.2 Å². The van der Waals surface area contributed by atoms with Gasteiger partial charge >= 0.3 is 13.1 Å². The minimum absolute atomic E-state index is 0.00904. The summed E-state index contributed by atoms with van der Waals surface area (Å²) >= 11 is 0. The summed E-state index contributed by atoms with van der Waals surface area (Å²) in [6, 6.07) is 13.0. The molecule has 2 unspecified atom stereocenters. The number of benzene rings is 2. The molecule has 0 saturated carbocycles. The summed E-state index contributed by atoms with van der Waals surface area (Å²) < 4.78 is 17.5. The molecule has 2 atom stereocenters. The summed E-state index contributed by atoms with van der Waals surface area (Å²) in [5.74, 6) is -1.37. The Morgan fingerprint density at radius 1 is 1.17 bits per heavy atom. The maximum absolute atomic E-state index is 13.3. The van der Waals surface area contributed by atoms with Gasteiger partial charge in [0, 0.05) is 30.0 Å². The molecule has 0 spiro atoms. The average Bonchev–Trinajstić information content (AvgIpc) is 3.15. The molecule has 4 rings (SSSR count). The van der Waals surface area contributed by atoms with Crippen LogP contribution in [0.3, 0.4) is 0 Å². The molecule has 2 heterocycles. The average molecular weight is 490 g/mol. The van der Waals surface area contributed by atoms with E-state index in [4.69, 9.17) is 25.5 Å². The van der Waals surface area contributed by atoms with E-state index < -0.39 is 24.6 Å². The second-order valence-electron chi connectivity index (χ2n) is 9.37. The number of hydrogen-bond acceptors (Lipinski definition) is 8. The number of carbonyl (C=O) groups is 2. The summed E-state index contributed by atoms with van der Waals surface area (Å²) in [6.45, 7) is 5.73. The molecular formula is C26H31BN4O5. The number of esters is 1. The molecule has 1 aliphatic rings. The Morgan fingerprint density at radius 2 is 1.97 bits per heavy atom. The van der Waals surface area contributed by atoms with Crippen LogP contribution in [0.1, 0.15) is 37.8 Å². The van der Waals surface area contributed by atoms with Crippen LogP contribution in [0.15, 0.2) is 54.9 Å². The van der Waals surface area contributed by atoms with Crippen molar-refractivity contribution in [2.75, 3.05) is 18.4 Å². The molecule has 10 heteroatoms. The van der Waals surface area contributed by atoms with E-state index >= 15 is 0 Å². The Morgan fingerprint density at radius 3 is 2.67 bits per heavy atom. The van der Waals surface area contributed by atoms with Crippen LogP contribution in [0.25, 0.3) is 10.8 Å². The zero-order chi connectivity index (χ0) is 25.9. The van der Waals surface area contributed by atoms with Crippen LogP contribution in [0, 0.1) is 0 Å². The van der Waals surface area contributed by atoms with Crippen molar-refractivity contribution in [1.82, 2.24) is 4.98 Å². The molecule has 1 fully saturated rings. The predicted molar refractivity (Wildman–Crippen MR) is 139 cm³/mol. The maximum atomic E-state index is 13.3. The molecule has 2 aromatic carbocycles. The second-order valence-corrected chi connectivity index (χ2v) is 9.37. The molecule has 9 nitrogen and oxygen atoms in total. The fourth-order valence-corrected chi connectivity index (χ4v) is 4.07. The third-order valence-corrected chi connectivity index (χ3v) is 6.56. The molecule has 36 heavy (non-hydrogen) atoms. The first-order valence-corrected chi connectivity index (χ1v) is 11.9. The Kier molecular flexibility index (Phi) is 7.70. The van der Waals surface area contributed by atoms with E-state index in [0.717, 1.165) is 10.8 Å². The number of nitrogens with two attached hydrogens (primary N) is 2. The Labute approximate surface area is 210 Å². The first-order valence-electron chi connectivity index (χ1n) is 11.9. The molecule has 3 aromatic rings. The van der Waals surface area contributed by atoms with Crippen LogP contribution in [0.2, 0.25) is 0 Å². The predicted octanol–water partition coefficient (Wildman–Crippen LogP) is 1.83. The van der Waals surface area contributed by atoms with Crippen LogP contribution in [0.4, 0.5) is 5.69 Å². The van der Waals surface area contributed by atoms with E-state index in [1.807, 2.05) is 57.2 Å². The van der Waals surface area contributed by atoms with Crippen LogP contribution < -0.4 is 22.2 Å². The van der Waals surface area contributed by atoms with Crippen LogP contribution in [-0.4, -0.2) is 48.8 Å². The van der Waals surface area contributed by atoms with Gasteiger partial charge in [-0.2, -0.15) is 0 Å². The van der Waals surface area contributed by atoms with Gasteiger partial charge in [-0.3, -0.25) is 14.6 Å². The van der Waals surface area contributed by atoms with Gasteiger partial charge in [-0.15, -0.1) is 0 Å². The van der Waals surface area contributed by atoms with Crippen molar-refractivity contribution in [3.05, 3.63) is 66.0 Å². The number of hydrogen-bond donors (Lipinski definition) is 3. The first-order chi connectivity index (χ1) is 17.2. The van der Waals surface area contributed by atoms with Gasteiger partial charge in [-0.05, 0) is 60.9 Å². The Balaban J connectivity index is 1.61. The molecule has 1 amide bonds. The van der Waals surface area contributed by atoms with E-state index in [1.165, 1.54) is 0 Å². The van der Waals surface area contributed by atoms with E-state index in [9.17, 15) is 9.59 Å². The second kappa shape index (κ2) is 10.8. The largest absolute Gasteiger partial charge is 0.495 e. The SMILES string of the molecule is CC1OB(c2cc(C(CN)C(=O)Nc3ccc4cnccc4c3)ccc2COC(=O)CN)OC1(C)C. The number of aromatic nitrogens is 1. The number of fused-ring (bicyclic) bond motifs is 1. The molecule has 0 aliphatic carbocycles. The number of carbonyl (C=O) groups excluding carboxylic acids is 2. The number of anilines is 1. The third-order valence-electron chi connectivity index (χ3n) is 6.56. The zero-order valence-electron chi connectivity index (χ0n) is 20.7. The maximum Gasteiger partial charge on any atom is 0.495 e. The number of rotatable bonds is 8. The molecule has 5 N–H and O–H groups in total. The normalized spacial score (nSPS) is 17.7. The van der Waals surface area contributed by atoms with Gasteiger partial charge in [-0.25, -0.2) is 0 Å². The summed E-state index contributed by atoms with van der Waals surface area (Å²) in [6.07, 6.45) is 3.31. The molecule has 0 bridgehead atoms. The van der Waals surface area contributed by atoms with Crippen molar-refractivity contribution >= 4 is 40.9 Å². The van der Waals surface area contributed by atoms with Crippen molar-refractivity contribution in [2.24, 2.45) is 11.5 Å². The Bertz CT molecular complexity index is 1270. The molecule has 1 saturated heterocycles. The van der Waals surface area contributed by atoms with Gasteiger partial charge in [-0.1, -0.05) is 24.3 Å². The van der Waals surface area contributed by atoms with Crippen molar-refractivity contribution in [1.29, 1.82) is 0 Å². The van der Waals surface area contributed by atoms with Gasteiger partial charge in [0.15, 0.2) is 0 Å². The van der Waals surface area contributed by atoms with Crippen LogP contribution in [0.5, 0.6) is 0 Å². The van der Waals surface area contributed by atoms with E-state index in [1.54, 1.807) is 18.5 Å². The number of amides is 1. The lowest BCUT2D eigenvalue weighted by molar-refractivity contribution is -0.143.